The number of amides is 1. The quantitative estimate of drug-likeness (QED) is 0.449. The Morgan fingerprint density at radius 1 is 1.00 bits per heavy atom. The SMILES string of the molecule is Cc1cc(NC(=O)c2ccc(F)cc2)n(-c2ncnc3c2cnn3-c2cccc(C)c2C)n1. The van der Waals surface area contributed by atoms with Crippen LogP contribution in [0.1, 0.15) is 27.2 Å². The van der Waals surface area contributed by atoms with E-state index in [4.69, 9.17) is 0 Å². The smallest absolute Gasteiger partial charge is 0.256 e. The second-order valence-electron chi connectivity index (χ2n) is 7.75. The average molecular weight is 441 g/mol. The molecule has 0 saturated carbocycles. The number of carbonyl (C=O) groups excluding carboxylic acids is 1. The lowest BCUT2D eigenvalue weighted by molar-refractivity contribution is 0.102. The van der Waals surface area contributed by atoms with E-state index in [2.05, 4.69) is 25.5 Å². The molecule has 5 aromatic rings. The molecule has 0 atom stereocenters. The highest BCUT2D eigenvalue weighted by molar-refractivity contribution is 6.04. The van der Waals surface area contributed by atoms with Gasteiger partial charge in [-0.05, 0) is 62.2 Å². The summed E-state index contributed by atoms with van der Waals surface area (Å²) in [5.74, 6) is 0.129. The molecule has 0 bridgehead atoms. The van der Waals surface area contributed by atoms with Crippen molar-refractivity contribution in [2.45, 2.75) is 20.8 Å². The van der Waals surface area contributed by atoms with Crippen molar-refractivity contribution in [3.63, 3.8) is 0 Å². The number of anilines is 1. The molecule has 0 aliphatic rings. The van der Waals surface area contributed by atoms with Gasteiger partial charge in [-0.3, -0.25) is 4.79 Å². The van der Waals surface area contributed by atoms with Gasteiger partial charge in [-0.15, -0.1) is 0 Å². The molecule has 0 aliphatic carbocycles. The van der Waals surface area contributed by atoms with Crippen LogP contribution < -0.4 is 5.32 Å². The van der Waals surface area contributed by atoms with Crippen molar-refractivity contribution < 1.29 is 9.18 Å². The fourth-order valence-corrected chi connectivity index (χ4v) is 3.68. The number of aromatic nitrogens is 6. The third-order valence-corrected chi connectivity index (χ3v) is 5.53. The molecule has 3 heterocycles. The first kappa shape index (κ1) is 20.5. The molecule has 0 radical (unpaired) electrons. The third-order valence-electron chi connectivity index (χ3n) is 5.53. The number of halogens is 1. The first-order chi connectivity index (χ1) is 15.9. The lowest BCUT2D eigenvalue weighted by atomic mass is 10.1. The summed E-state index contributed by atoms with van der Waals surface area (Å²) in [6.45, 7) is 5.91. The summed E-state index contributed by atoms with van der Waals surface area (Å²) in [6.07, 6.45) is 3.14. The lowest BCUT2D eigenvalue weighted by Gasteiger charge is -2.10. The maximum atomic E-state index is 13.2. The molecule has 164 valence electrons. The normalized spacial score (nSPS) is 11.2. The van der Waals surface area contributed by atoms with Gasteiger partial charge in [0.15, 0.2) is 11.5 Å². The van der Waals surface area contributed by atoms with Gasteiger partial charge < -0.3 is 5.32 Å². The molecule has 9 heteroatoms. The Kier molecular flexibility index (Phi) is 4.93. The molecule has 0 aliphatic heterocycles. The number of benzene rings is 2. The molecule has 0 fully saturated rings. The fourth-order valence-electron chi connectivity index (χ4n) is 3.68. The van der Waals surface area contributed by atoms with E-state index >= 15 is 0 Å². The van der Waals surface area contributed by atoms with Crippen molar-refractivity contribution in [3.8, 4) is 11.5 Å². The summed E-state index contributed by atoms with van der Waals surface area (Å²) in [5.41, 5.74) is 4.83. The van der Waals surface area contributed by atoms with Gasteiger partial charge in [-0.2, -0.15) is 14.9 Å². The van der Waals surface area contributed by atoms with Crippen molar-refractivity contribution in [1.29, 1.82) is 0 Å². The molecule has 8 nitrogen and oxygen atoms in total. The number of carbonyl (C=O) groups is 1. The van der Waals surface area contributed by atoms with Crippen molar-refractivity contribution in [2.75, 3.05) is 5.32 Å². The van der Waals surface area contributed by atoms with Crippen molar-refractivity contribution in [3.05, 3.63) is 89.3 Å². The standard InChI is InChI=1S/C24H20FN7O/c1-14-5-4-6-20(16(14)3)31-22-19(12-28-31)23(27-13-26-22)32-21(11-15(2)30-32)29-24(33)17-7-9-18(25)10-8-17/h4-13H,1-3H3,(H,29,33). The molecule has 33 heavy (non-hydrogen) atoms. The Balaban J connectivity index is 1.58. The molecule has 0 unspecified atom stereocenters. The zero-order valence-corrected chi connectivity index (χ0v) is 18.2. The predicted octanol–water partition coefficient (Wildman–Crippen LogP) is 4.32. The predicted molar refractivity (Wildman–Crippen MR) is 122 cm³/mol. The van der Waals surface area contributed by atoms with Gasteiger partial charge in [0.1, 0.15) is 18.0 Å². The number of rotatable bonds is 4. The second-order valence-corrected chi connectivity index (χ2v) is 7.75. The summed E-state index contributed by atoms with van der Waals surface area (Å²) >= 11 is 0. The number of hydrogen-bond donors (Lipinski definition) is 1. The molecule has 3 aromatic heterocycles. The number of aryl methyl sites for hydroxylation is 2. The average Bonchev–Trinajstić information content (AvgIpc) is 3.39. The van der Waals surface area contributed by atoms with Crippen LogP contribution in [0.4, 0.5) is 10.2 Å². The van der Waals surface area contributed by atoms with E-state index in [1.165, 1.54) is 30.6 Å². The van der Waals surface area contributed by atoms with Crippen LogP contribution in [0, 0.1) is 26.6 Å². The molecule has 1 amide bonds. The summed E-state index contributed by atoms with van der Waals surface area (Å²) in [6, 6.07) is 13.1. The van der Waals surface area contributed by atoms with Crippen LogP contribution in [0.2, 0.25) is 0 Å². The summed E-state index contributed by atoms with van der Waals surface area (Å²) in [4.78, 5) is 21.6. The first-order valence-corrected chi connectivity index (χ1v) is 10.3. The monoisotopic (exact) mass is 441 g/mol. The molecule has 1 N–H and O–H groups in total. The van der Waals surface area contributed by atoms with Crippen molar-refractivity contribution in [2.24, 2.45) is 0 Å². The van der Waals surface area contributed by atoms with Gasteiger partial charge in [-0.1, -0.05) is 12.1 Å². The highest BCUT2D eigenvalue weighted by Crippen LogP contribution is 2.26. The number of nitrogens with one attached hydrogen (secondary N) is 1. The van der Waals surface area contributed by atoms with E-state index in [1.807, 2.05) is 39.0 Å². The van der Waals surface area contributed by atoms with Gasteiger partial charge in [0.25, 0.3) is 5.91 Å². The Labute approximate surface area is 188 Å². The minimum atomic E-state index is -0.406. The minimum Gasteiger partial charge on any atom is -0.306 e. The molecule has 0 saturated heterocycles. The van der Waals surface area contributed by atoms with Crippen molar-refractivity contribution >= 4 is 22.8 Å². The van der Waals surface area contributed by atoms with E-state index in [1.54, 1.807) is 21.6 Å². The number of nitrogens with zero attached hydrogens (tertiary/aromatic N) is 6. The van der Waals surface area contributed by atoms with Crippen LogP contribution in [0.3, 0.4) is 0 Å². The van der Waals surface area contributed by atoms with E-state index in [9.17, 15) is 9.18 Å². The van der Waals surface area contributed by atoms with Crippen LogP contribution in [-0.2, 0) is 0 Å². The van der Waals surface area contributed by atoms with Crippen LogP contribution in [0.25, 0.3) is 22.5 Å². The Morgan fingerprint density at radius 3 is 2.58 bits per heavy atom. The zero-order valence-electron chi connectivity index (χ0n) is 18.2. The highest BCUT2D eigenvalue weighted by Gasteiger charge is 2.19. The van der Waals surface area contributed by atoms with E-state index in [-0.39, 0.29) is 5.91 Å². The molecule has 5 rings (SSSR count). The zero-order chi connectivity index (χ0) is 23.1. The van der Waals surface area contributed by atoms with Gasteiger partial charge in [0, 0.05) is 11.6 Å². The third kappa shape index (κ3) is 3.63. The maximum Gasteiger partial charge on any atom is 0.256 e. The summed E-state index contributed by atoms with van der Waals surface area (Å²) in [5, 5.41) is 12.6. The van der Waals surface area contributed by atoms with E-state index in [0.717, 1.165) is 16.8 Å². The largest absolute Gasteiger partial charge is 0.306 e. The van der Waals surface area contributed by atoms with E-state index < -0.39 is 5.82 Å². The van der Waals surface area contributed by atoms with Gasteiger partial charge >= 0.3 is 0 Å². The molecular weight excluding hydrogens is 421 g/mol. The molecular formula is C24H20FN7O. The van der Waals surface area contributed by atoms with Crippen LogP contribution in [-0.4, -0.2) is 35.4 Å². The Morgan fingerprint density at radius 2 is 1.79 bits per heavy atom. The highest BCUT2D eigenvalue weighted by atomic mass is 19.1. The van der Waals surface area contributed by atoms with E-state index in [0.29, 0.717) is 33.9 Å². The van der Waals surface area contributed by atoms with Crippen LogP contribution >= 0.6 is 0 Å². The first-order valence-electron chi connectivity index (χ1n) is 10.3. The lowest BCUT2D eigenvalue weighted by Crippen LogP contribution is -2.15. The second kappa shape index (κ2) is 7.94. The molecule has 2 aromatic carbocycles. The Hall–Kier alpha value is -4.40. The maximum absolute atomic E-state index is 13.2. The van der Waals surface area contributed by atoms with Gasteiger partial charge in [-0.25, -0.2) is 19.0 Å². The van der Waals surface area contributed by atoms with Crippen LogP contribution in [0.5, 0.6) is 0 Å². The number of hydrogen-bond acceptors (Lipinski definition) is 5. The topological polar surface area (TPSA) is 90.5 Å². The number of fused-ring (bicyclic) bond motifs is 1. The summed E-state index contributed by atoms with van der Waals surface area (Å²) < 4.78 is 16.5. The molecule has 0 spiro atoms. The summed E-state index contributed by atoms with van der Waals surface area (Å²) in [7, 11) is 0. The fraction of sp³-hybridized carbons (Fsp3) is 0.125. The minimum absolute atomic E-state index is 0.331. The Bertz CT molecular complexity index is 1500. The van der Waals surface area contributed by atoms with Gasteiger partial charge in [0.2, 0.25) is 0 Å². The van der Waals surface area contributed by atoms with Crippen LogP contribution in [0.15, 0.2) is 61.1 Å². The van der Waals surface area contributed by atoms with Gasteiger partial charge in [0.05, 0.1) is 23.0 Å². The van der Waals surface area contributed by atoms with Crippen molar-refractivity contribution in [1.82, 2.24) is 29.5 Å².